The topological polar surface area (TPSA) is 60.9 Å². The Balaban J connectivity index is 1.80. The first kappa shape index (κ1) is 31.8. The minimum absolute atomic E-state index is 0.263. The Morgan fingerprint density at radius 1 is 1.00 bits per heavy atom. The van der Waals surface area contributed by atoms with Gasteiger partial charge in [0.15, 0.2) is 6.10 Å². The molecule has 1 aromatic heterocycles. The number of halogens is 1. The number of aryl methyl sites for hydroxylation is 2. The van der Waals surface area contributed by atoms with Crippen LogP contribution in [-0.2, 0) is 20.9 Å². The largest absolute Gasteiger partial charge is 0.489 e. The van der Waals surface area contributed by atoms with E-state index in [1.165, 1.54) is 0 Å². The van der Waals surface area contributed by atoms with Gasteiger partial charge in [0.1, 0.15) is 12.4 Å². The molecule has 0 bridgehead atoms. The molecular weight excluding hydrogens is 548 g/mol. The average molecular weight is 593 g/mol. The lowest BCUT2D eigenvalue weighted by atomic mass is 9.82. The van der Waals surface area contributed by atoms with Crippen molar-refractivity contribution in [2.24, 2.45) is 5.41 Å². The van der Waals surface area contributed by atoms with E-state index in [2.05, 4.69) is 30.9 Å². The van der Waals surface area contributed by atoms with Gasteiger partial charge in [0.05, 0.1) is 17.9 Å². The lowest BCUT2D eigenvalue weighted by Crippen LogP contribution is -2.39. The summed E-state index contributed by atoms with van der Waals surface area (Å²) in [4.78, 5) is 20.9. The molecule has 0 N–H and O–H groups in total. The molecule has 2 aromatic carbocycles. The number of anilines is 1. The van der Waals surface area contributed by atoms with E-state index in [1.54, 1.807) is 0 Å². The van der Waals surface area contributed by atoms with Gasteiger partial charge in [-0.2, -0.15) is 0 Å². The number of carbonyl (C=O) groups is 1. The van der Waals surface area contributed by atoms with Crippen LogP contribution in [0.25, 0.3) is 11.1 Å². The normalized spacial score (nSPS) is 15.8. The number of esters is 1. The standard InChI is InChI=1S/C35H45ClN2O4/c1-9-40-33(39)32(42-34(4,5)6)30-24(3)37-23(2)29(31(30)38-20-18-35(7,8)19-21-38)26-12-16-28(17-13-26)41-22-25-10-14-27(36)15-11-25/h10-17,32H,9,18-22H2,1-8H3. The van der Waals surface area contributed by atoms with Crippen LogP contribution >= 0.6 is 11.6 Å². The summed E-state index contributed by atoms with van der Waals surface area (Å²) in [6.07, 6.45) is 1.20. The molecule has 0 amide bonds. The number of piperidine rings is 1. The molecule has 3 aromatic rings. The lowest BCUT2D eigenvalue weighted by molar-refractivity contribution is -0.166. The number of nitrogens with zero attached hydrogens (tertiary/aromatic N) is 2. The van der Waals surface area contributed by atoms with Gasteiger partial charge in [-0.3, -0.25) is 4.98 Å². The summed E-state index contributed by atoms with van der Waals surface area (Å²) in [6.45, 7) is 18.8. The molecule has 1 aliphatic rings. The summed E-state index contributed by atoms with van der Waals surface area (Å²) >= 11 is 6.02. The molecule has 1 saturated heterocycles. The molecular formula is C35H45ClN2O4. The first-order valence-corrected chi connectivity index (χ1v) is 15.2. The van der Waals surface area contributed by atoms with Gasteiger partial charge >= 0.3 is 5.97 Å². The van der Waals surface area contributed by atoms with Gasteiger partial charge in [0.2, 0.25) is 0 Å². The number of rotatable bonds is 9. The number of carbonyl (C=O) groups excluding carboxylic acids is 1. The first-order chi connectivity index (χ1) is 19.8. The predicted molar refractivity (Wildman–Crippen MR) is 170 cm³/mol. The minimum atomic E-state index is -0.899. The van der Waals surface area contributed by atoms with E-state index in [9.17, 15) is 4.79 Å². The molecule has 6 nitrogen and oxygen atoms in total. The summed E-state index contributed by atoms with van der Waals surface area (Å²) in [5, 5.41) is 0.704. The lowest BCUT2D eigenvalue weighted by Gasteiger charge is -2.41. The van der Waals surface area contributed by atoms with Crippen molar-refractivity contribution in [3.05, 3.63) is 76.1 Å². The number of aromatic nitrogens is 1. The van der Waals surface area contributed by atoms with Crippen LogP contribution in [0.15, 0.2) is 48.5 Å². The van der Waals surface area contributed by atoms with Crippen LogP contribution in [0, 0.1) is 19.3 Å². The zero-order valence-corrected chi connectivity index (χ0v) is 27.1. The molecule has 1 unspecified atom stereocenters. The maximum atomic E-state index is 13.5. The van der Waals surface area contributed by atoms with E-state index >= 15 is 0 Å². The molecule has 226 valence electrons. The molecule has 0 spiro atoms. The molecule has 0 saturated carbocycles. The van der Waals surface area contributed by atoms with Crippen LogP contribution in [0.4, 0.5) is 5.69 Å². The fraction of sp³-hybridized carbons (Fsp3) is 0.486. The Morgan fingerprint density at radius 3 is 2.19 bits per heavy atom. The van der Waals surface area contributed by atoms with Gasteiger partial charge in [0, 0.05) is 40.6 Å². The summed E-state index contributed by atoms with van der Waals surface area (Å²) in [7, 11) is 0. The molecule has 7 heteroatoms. The Labute approximate surface area is 256 Å². The summed E-state index contributed by atoms with van der Waals surface area (Å²) in [5.74, 6) is 0.380. The third-order valence-electron chi connectivity index (χ3n) is 7.71. The Kier molecular flexibility index (Phi) is 9.89. The quantitative estimate of drug-likeness (QED) is 0.232. The van der Waals surface area contributed by atoms with E-state index in [4.69, 9.17) is 30.8 Å². The molecule has 2 heterocycles. The van der Waals surface area contributed by atoms with Crippen LogP contribution in [0.1, 0.15) is 83.0 Å². The highest BCUT2D eigenvalue weighted by atomic mass is 35.5. The van der Waals surface area contributed by atoms with Gasteiger partial charge < -0.3 is 19.1 Å². The molecule has 1 aliphatic heterocycles. The second kappa shape index (κ2) is 13.0. The van der Waals surface area contributed by atoms with Crippen molar-refractivity contribution >= 4 is 23.3 Å². The molecule has 42 heavy (non-hydrogen) atoms. The van der Waals surface area contributed by atoms with Crippen molar-refractivity contribution in [2.45, 2.75) is 86.5 Å². The SMILES string of the molecule is CCOC(=O)C(OC(C)(C)C)c1c(C)nc(C)c(-c2ccc(OCc3ccc(Cl)cc3)cc2)c1N1CCC(C)(C)CC1. The smallest absolute Gasteiger partial charge is 0.340 e. The Bertz CT molecular complexity index is 1370. The van der Waals surface area contributed by atoms with Crippen molar-refractivity contribution in [1.82, 2.24) is 4.98 Å². The summed E-state index contributed by atoms with van der Waals surface area (Å²) in [6, 6.07) is 15.8. The van der Waals surface area contributed by atoms with Crippen LogP contribution in [0.5, 0.6) is 5.75 Å². The van der Waals surface area contributed by atoms with Gasteiger partial charge in [-0.05, 0) is 95.2 Å². The third-order valence-corrected chi connectivity index (χ3v) is 7.96. The molecule has 0 radical (unpaired) electrons. The Hall–Kier alpha value is -3.09. The van der Waals surface area contributed by atoms with E-state index in [0.717, 1.165) is 71.0 Å². The zero-order chi connectivity index (χ0) is 30.7. The number of hydrogen-bond acceptors (Lipinski definition) is 6. The van der Waals surface area contributed by atoms with E-state index in [1.807, 2.05) is 77.9 Å². The number of pyridine rings is 1. The summed E-state index contributed by atoms with van der Waals surface area (Å²) in [5.41, 5.74) is 6.24. The Morgan fingerprint density at radius 2 is 1.62 bits per heavy atom. The van der Waals surface area contributed by atoms with E-state index in [-0.39, 0.29) is 12.0 Å². The number of ether oxygens (including phenoxy) is 3. The van der Waals surface area contributed by atoms with E-state index in [0.29, 0.717) is 11.6 Å². The van der Waals surface area contributed by atoms with Crippen LogP contribution < -0.4 is 9.64 Å². The maximum Gasteiger partial charge on any atom is 0.340 e. The predicted octanol–water partition coefficient (Wildman–Crippen LogP) is 8.64. The van der Waals surface area contributed by atoms with Gasteiger partial charge in [0.25, 0.3) is 0 Å². The second-order valence-corrected chi connectivity index (χ2v) is 13.3. The molecule has 0 aliphatic carbocycles. The first-order valence-electron chi connectivity index (χ1n) is 14.9. The van der Waals surface area contributed by atoms with E-state index < -0.39 is 17.7 Å². The van der Waals surface area contributed by atoms with Crippen molar-refractivity contribution < 1.29 is 19.0 Å². The van der Waals surface area contributed by atoms with Gasteiger partial charge in [-0.25, -0.2) is 4.79 Å². The maximum absolute atomic E-state index is 13.5. The third kappa shape index (κ3) is 7.84. The summed E-state index contributed by atoms with van der Waals surface area (Å²) < 4.78 is 18.1. The van der Waals surface area contributed by atoms with Crippen molar-refractivity contribution in [3.63, 3.8) is 0 Å². The average Bonchev–Trinajstić information content (AvgIpc) is 2.91. The van der Waals surface area contributed by atoms with Crippen molar-refractivity contribution in [3.8, 4) is 16.9 Å². The monoisotopic (exact) mass is 592 g/mol. The molecule has 1 fully saturated rings. The van der Waals surface area contributed by atoms with Gasteiger partial charge in [-0.1, -0.05) is 49.7 Å². The molecule has 1 atom stereocenters. The zero-order valence-electron chi connectivity index (χ0n) is 26.3. The van der Waals surface area contributed by atoms with Crippen LogP contribution in [0.3, 0.4) is 0 Å². The highest BCUT2D eigenvalue weighted by molar-refractivity contribution is 6.30. The van der Waals surface area contributed by atoms with Gasteiger partial charge in [-0.15, -0.1) is 0 Å². The van der Waals surface area contributed by atoms with Crippen LogP contribution in [-0.4, -0.2) is 36.3 Å². The van der Waals surface area contributed by atoms with Crippen LogP contribution in [0.2, 0.25) is 5.02 Å². The fourth-order valence-electron chi connectivity index (χ4n) is 5.43. The second-order valence-electron chi connectivity index (χ2n) is 12.9. The van der Waals surface area contributed by atoms with Crippen molar-refractivity contribution in [2.75, 3.05) is 24.6 Å². The molecule has 4 rings (SSSR count). The van der Waals surface area contributed by atoms with Crippen molar-refractivity contribution in [1.29, 1.82) is 0 Å². The highest BCUT2D eigenvalue weighted by Gasteiger charge is 2.37. The number of hydrogen-bond donors (Lipinski definition) is 0. The number of benzene rings is 2. The minimum Gasteiger partial charge on any atom is -0.489 e. The fourth-order valence-corrected chi connectivity index (χ4v) is 5.56. The highest BCUT2D eigenvalue weighted by Crippen LogP contribution is 2.45.